The Labute approximate surface area is 114 Å². The quantitative estimate of drug-likeness (QED) is 0.642. The third-order valence-corrected chi connectivity index (χ3v) is 2.99. The minimum atomic E-state index is -0.204. The predicted octanol–water partition coefficient (Wildman–Crippen LogP) is 2.66. The average Bonchev–Trinajstić information content (AvgIpc) is 2.43. The van der Waals surface area contributed by atoms with Gasteiger partial charge in [-0.1, -0.05) is 31.9 Å². The van der Waals surface area contributed by atoms with E-state index >= 15 is 0 Å². The Balaban J connectivity index is 2.44. The summed E-state index contributed by atoms with van der Waals surface area (Å²) in [6.45, 7) is 3.89. The van der Waals surface area contributed by atoms with Gasteiger partial charge in [0.1, 0.15) is 5.82 Å². The first-order valence-corrected chi connectivity index (χ1v) is 6.95. The zero-order valence-electron chi connectivity index (χ0n) is 11.6. The first-order chi connectivity index (χ1) is 9.27. The number of aliphatic hydroxyl groups excluding tert-OH is 1. The van der Waals surface area contributed by atoms with E-state index in [1.54, 1.807) is 0 Å². The molecule has 0 amide bonds. The molecule has 0 aliphatic heterocycles. The lowest BCUT2D eigenvalue weighted by atomic mass is 10.0. The summed E-state index contributed by atoms with van der Waals surface area (Å²) in [5.41, 5.74) is 1.11. The second kappa shape index (κ2) is 9.89. The van der Waals surface area contributed by atoms with Gasteiger partial charge in [0.05, 0.1) is 19.8 Å². The lowest BCUT2D eigenvalue weighted by Gasteiger charge is -2.19. The van der Waals surface area contributed by atoms with Crippen LogP contribution in [0, 0.1) is 5.82 Å². The molecule has 1 rings (SSSR count). The fourth-order valence-corrected chi connectivity index (χ4v) is 1.96. The van der Waals surface area contributed by atoms with Crippen LogP contribution in [0.25, 0.3) is 0 Å². The highest BCUT2D eigenvalue weighted by Crippen LogP contribution is 2.19. The van der Waals surface area contributed by atoms with Crippen LogP contribution in [0.1, 0.15) is 37.8 Å². The molecule has 1 unspecified atom stereocenters. The van der Waals surface area contributed by atoms with Crippen molar-refractivity contribution in [1.29, 1.82) is 0 Å². The van der Waals surface area contributed by atoms with Crippen LogP contribution in [0.3, 0.4) is 0 Å². The predicted molar refractivity (Wildman–Crippen MR) is 74.6 cm³/mol. The van der Waals surface area contributed by atoms with Crippen molar-refractivity contribution in [3.8, 4) is 0 Å². The Morgan fingerprint density at radius 3 is 2.63 bits per heavy atom. The lowest BCUT2D eigenvalue weighted by Crippen LogP contribution is -2.25. The van der Waals surface area contributed by atoms with Gasteiger partial charge in [0.2, 0.25) is 0 Å². The molecule has 0 aliphatic rings. The van der Waals surface area contributed by atoms with Gasteiger partial charge in [-0.3, -0.25) is 0 Å². The largest absolute Gasteiger partial charge is 0.394 e. The van der Waals surface area contributed by atoms with E-state index in [-0.39, 0.29) is 18.5 Å². The van der Waals surface area contributed by atoms with E-state index in [9.17, 15) is 4.39 Å². The maximum absolute atomic E-state index is 12.9. The molecule has 3 nitrogen and oxygen atoms in total. The second-order valence-electron chi connectivity index (χ2n) is 4.54. The number of halogens is 1. The van der Waals surface area contributed by atoms with Crippen molar-refractivity contribution in [2.75, 3.05) is 26.4 Å². The van der Waals surface area contributed by atoms with Crippen LogP contribution in [-0.4, -0.2) is 31.5 Å². The molecule has 0 saturated carbocycles. The van der Waals surface area contributed by atoms with Gasteiger partial charge in [-0.05, 0) is 24.1 Å². The number of unbranched alkanes of at least 4 members (excludes halogenated alkanes) is 1. The molecule has 1 aromatic rings. The van der Waals surface area contributed by atoms with E-state index in [1.165, 1.54) is 12.1 Å². The summed E-state index contributed by atoms with van der Waals surface area (Å²) in [5.74, 6) is -0.204. The molecule has 0 heterocycles. The van der Waals surface area contributed by atoms with E-state index < -0.39 is 0 Å². The Morgan fingerprint density at radius 2 is 2.00 bits per heavy atom. The Hall–Kier alpha value is -0.970. The third-order valence-electron chi connectivity index (χ3n) is 2.99. The van der Waals surface area contributed by atoms with E-state index in [4.69, 9.17) is 9.84 Å². The lowest BCUT2D eigenvalue weighted by molar-refractivity contribution is 0.0923. The van der Waals surface area contributed by atoms with Gasteiger partial charge < -0.3 is 15.2 Å². The molecule has 2 N–H and O–H groups in total. The summed E-state index contributed by atoms with van der Waals surface area (Å²) in [5, 5.41) is 12.0. The van der Waals surface area contributed by atoms with E-state index in [2.05, 4.69) is 12.2 Å². The van der Waals surface area contributed by atoms with Gasteiger partial charge >= 0.3 is 0 Å². The van der Waals surface area contributed by atoms with Crippen LogP contribution in [0.4, 0.5) is 4.39 Å². The minimum absolute atomic E-state index is 0.0528. The number of ether oxygens (including phenoxy) is 1. The number of rotatable bonds is 10. The number of aliphatic hydroxyl groups is 1. The molecule has 0 saturated heterocycles. The van der Waals surface area contributed by atoms with Crippen LogP contribution in [0.15, 0.2) is 24.3 Å². The van der Waals surface area contributed by atoms with Crippen LogP contribution in [-0.2, 0) is 4.74 Å². The third kappa shape index (κ3) is 6.66. The van der Waals surface area contributed by atoms with Crippen molar-refractivity contribution < 1.29 is 14.2 Å². The monoisotopic (exact) mass is 269 g/mol. The highest BCUT2D eigenvalue weighted by Gasteiger charge is 2.10. The molecule has 1 atom stereocenters. The first kappa shape index (κ1) is 16.1. The van der Waals surface area contributed by atoms with Crippen LogP contribution in [0.5, 0.6) is 0 Å². The fourth-order valence-electron chi connectivity index (χ4n) is 1.96. The molecule has 0 fully saturated rings. The topological polar surface area (TPSA) is 41.5 Å². The summed E-state index contributed by atoms with van der Waals surface area (Å²) in [6.07, 6.45) is 3.30. The summed E-state index contributed by atoms with van der Waals surface area (Å²) in [4.78, 5) is 0. The molecule has 0 aromatic heterocycles. The number of hydrogen-bond acceptors (Lipinski definition) is 3. The molecular weight excluding hydrogens is 245 g/mol. The zero-order valence-corrected chi connectivity index (χ0v) is 11.6. The molecule has 0 radical (unpaired) electrons. The summed E-state index contributed by atoms with van der Waals surface area (Å²) < 4.78 is 18.1. The maximum atomic E-state index is 12.9. The SMILES string of the molecule is CCCCC(NCCOCCO)c1ccc(F)cc1. The minimum Gasteiger partial charge on any atom is -0.394 e. The van der Waals surface area contributed by atoms with Crippen LogP contribution < -0.4 is 5.32 Å². The molecule has 19 heavy (non-hydrogen) atoms. The average molecular weight is 269 g/mol. The highest BCUT2D eigenvalue weighted by atomic mass is 19.1. The van der Waals surface area contributed by atoms with Crippen molar-refractivity contribution >= 4 is 0 Å². The second-order valence-corrected chi connectivity index (χ2v) is 4.54. The zero-order chi connectivity index (χ0) is 13.9. The Kier molecular flexibility index (Phi) is 8.38. The van der Waals surface area contributed by atoms with Crippen molar-refractivity contribution in [3.05, 3.63) is 35.6 Å². The van der Waals surface area contributed by atoms with Crippen LogP contribution >= 0.6 is 0 Å². The van der Waals surface area contributed by atoms with Gasteiger partial charge in [-0.15, -0.1) is 0 Å². The summed E-state index contributed by atoms with van der Waals surface area (Å²) >= 11 is 0. The Bertz CT molecular complexity index is 329. The molecule has 4 heteroatoms. The molecule has 108 valence electrons. The van der Waals surface area contributed by atoms with Gasteiger partial charge in [0.15, 0.2) is 0 Å². The molecule has 0 bridgehead atoms. The van der Waals surface area contributed by atoms with Gasteiger partial charge in [0, 0.05) is 12.6 Å². The van der Waals surface area contributed by atoms with Crippen LogP contribution in [0.2, 0.25) is 0 Å². The van der Waals surface area contributed by atoms with Gasteiger partial charge in [0.25, 0.3) is 0 Å². The standard InChI is InChI=1S/C15H24FNO2/c1-2-3-4-15(17-9-11-19-12-10-18)13-5-7-14(16)8-6-13/h5-8,15,17-18H,2-4,9-12H2,1H3. The maximum Gasteiger partial charge on any atom is 0.123 e. The first-order valence-electron chi connectivity index (χ1n) is 6.95. The van der Waals surface area contributed by atoms with Gasteiger partial charge in [-0.25, -0.2) is 4.39 Å². The normalized spacial score (nSPS) is 12.6. The van der Waals surface area contributed by atoms with Crippen molar-refractivity contribution in [2.45, 2.75) is 32.2 Å². The number of nitrogens with one attached hydrogen (secondary N) is 1. The van der Waals surface area contributed by atoms with E-state index in [1.807, 2.05) is 12.1 Å². The summed E-state index contributed by atoms with van der Waals surface area (Å²) in [6, 6.07) is 6.89. The van der Waals surface area contributed by atoms with E-state index in [0.717, 1.165) is 31.4 Å². The van der Waals surface area contributed by atoms with Crippen molar-refractivity contribution in [1.82, 2.24) is 5.32 Å². The Morgan fingerprint density at radius 1 is 1.26 bits per heavy atom. The van der Waals surface area contributed by atoms with E-state index in [0.29, 0.717) is 13.2 Å². The van der Waals surface area contributed by atoms with Crippen molar-refractivity contribution in [3.63, 3.8) is 0 Å². The molecule has 1 aromatic carbocycles. The fraction of sp³-hybridized carbons (Fsp3) is 0.600. The highest BCUT2D eigenvalue weighted by molar-refractivity contribution is 5.19. The molecular formula is C15H24FNO2. The van der Waals surface area contributed by atoms with Gasteiger partial charge in [-0.2, -0.15) is 0 Å². The smallest absolute Gasteiger partial charge is 0.123 e. The van der Waals surface area contributed by atoms with Crippen molar-refractivity contribution in [2.24, 2.45) is 0 Å². The summed E-state index contributed by atoms with van der Waals surface area (Å²) in [7, 11) is 0. The molecule has 0 aliphatic carbocycles. The molecule has 0 spiro atoms. The number of benzene rings is 1. The number of hydrogen-bond donors (Lipinski definition) is 2.